The monoisotopic (exact) mass is 292 g/mol. The fourth-order valence-corrected chi connectivity index (χ4v) is 6.58. The topological polar surface area (TPSA) is 0 Å². The first kappa shape index (κ1) is 13.9. The Balaban J connectivity index is 1.59. The van der Waals surface area contributed by atoms with Gasteiger partial charge in [0.05, 0.1) is 4.58 Å². The van der Waals surface area contributed by atoms with Crippen molar-refractivity contribution in [1.29, 1.82) is 0 Å². The maximum atomic E-state index is 2.41. The summed E-state index contributed by atoms with van der Waals surface area (Å²) in [4.78, 5) is 3.02. The van der Waals surface area contributed by atoms with Crippen LogP contribution >= 0.6 is 23.5 Å². The predicted octanol–water partition coefficient (Wildman–Crippen LogP) is 6.06. The van der Waals surface area contributed by atoms with Gasteiger partial charge in [-0.1, -0.05) is 32.9 Å². The van der Waals surface area contributed by atoms with Crippen LogP contribution in [0.15, 0.2) is 34.1 Å². The second-order valence-corrected chi connectivity index (χ2v) is 9.69. The predicted molar refractivity (Wildman–Crippen MR) is 86.8 cm³/mol. The molecule has 1 heterocycles. The van der Waals surface area contributed by atoms with Gasteiger partial charge in [0, 0.05) is 9.79 Å². The lowest BCUT2D eigenvalue weighted by molar-refractivity contribution is 0.155. The molecule has 1 aromatic carbocycles. The molecule has 19 heavy (non-hydrogen) atoms. The Hall–Kier alpha value is -0.0800. The Morgan fingerprint density at radius 2 is 1.42 bits per heavy atom. The van der Waals surface area contributed by atoms with Crippen LogP contribution in [0.2, 0.25) is 0 Å². The Morgan fingerprint density at radius 1 is 0.895 bits per heavy atom. The van der Waals surface area contributed by atoms with Crippen LogP contribution < -0.4 is 0 Å². The van der Waals surface area contributed by atoms with Crippen LogP contribution in [-0.4, -0.2) is 4.58 Å². The van der Waals surface area contributed by atoms with E-state index in [9.17, 15) is 0 Å². The fourth-order valence-electron chi connectivity index (χ4n) is 3.37. The summed E-state index contributed by atoms with van der Waals surface area (Å²) in [5, 5.41) is 0. The van der Waals surface area contributed by atoms with Crippen LogP contribution in [0.25, 0.3) is 0 Å². The molecule has 0 saturated heterocycles. The highest BCUT2D eigenvalue weighted by atomic mass is 32.2. The molecule has 0 bridgehead atoms. The lowest BCUT2D eigenvalue weighted by Gasteiger charge is -2.38. The van der Waals surface area contributed by atoms with Crippen molar-refractivity contribution >= 4 is 23.5 Å². The molecule has 104 valence electrons. The Labute approximate surface area is 126 Å². The number of hydrogen-bond acceptors (Lipinski definition) is 2. The van der Waals surface area contributed by atoms with Crippen LogP contribution in [0, 0.1) is 17.3 Å². The summed E-state index contributed by atoms with van der Waals surface area (Å²) in [6, 6.07) is 8.91. The van der Waals surface area contributed by atoms with E-state index in [0.29, 0.717) is 5.41 Å². The summed E-state index contributed by atoms with van der Waals surface area (Å²) in [7, 11) is 0. The molecule has 0 spiro atoms. The molecule has 0 unspecified atom stereocenters. The molecule has 2 aliphatic rings. The Morgan fingerprint density at radius 3 is 1.89 bits per heavy atom. The third-order valence-electron chi connectivity index (χ3n) is 4.72. The molecule has 1 fully saturated rings. The molecule has 0 aromatic heterocycles. The number of thioether (sulfide) groups is 2. The van der Waals surface area contributed by atoms with Crippen LogP contribution in [-0.2, 0) is 0 Å². The van der Waals surface area contributed by atoms with Gasteiger partial charge in [0.25, 0.3) is 0 Å². The average Bonchev–Trinajstić information content (AvgIpc) is 2.81. The normalized spacial score (nSPS) is 28.4. The van der Waals surface area contributed by atoms with Crippen LogP contribution in [0.1, 0.15) is 46.5 Å². The largest absolute Gasteiger partial charge is 0.110 e. The molecule has 0 amide bonds. The van der Waals surface area contributed by atoms with Crippen molar-refractivity contribution in [3.05, 3.63) is 24.3 Å². The van der Waals surface area contributed by atoms with Crippen molar-refractivity contribution in [2.75, 3.05) is 0 Å². The van der Waals surface area contributed by atoms with Gasteiger partial charge < -0.3 is 0 Å². The zero-order valence-electron chi connectivity index (χ0n) is 12.2. The summed E-state index contributed by atoms with van der Waals surface area (Å²) >= 11 is 4.23. The quantitative estimate of drug-likeness (QED) is 0.616. The van der Waals surface area contributed by atoms with Crippen molar-refractivity contribution in [3.8, 4) is 0 Å². The van der Waals surface area contributed by atoms with E-state index in [1.165, 1.54) is 35.5 Å². The lowest BCUT2D eigenvalue weighted by Crippen LogP contribution is -2.28. The third kappa shape index (κ3) is 3.00. The van der Waals surface area contributed by atoms with Gasteiger partial charge in [-0.05, 0) is 55.1 Å². The number of hydrogen-bond donors (Lipinski definition) is 0. The van der Waals surface area contributed by atoms with Crippen molar-refractivity contribution in [3.63, 3.8) is 0 Å². The average molecular weight is 293 g/mol. The Bertz CT molecular complexity index is 414. The van der Waals surface area contributed by atoms with Gasteiger partial charge in [-0.15, -0.1) is 23.5 Å². The van der Waals surface area contributed by atoms with Gasteiger partial charge >= 0.3 is 0 Å². The number of fused-ring (bicyclic) bond motifs is 1. The van der Waals surface area contributed by atoms with E-state index < -0.39 is 0 Å². The molecular weight excluding hydrogens is 268 g/mol. The van der Waals surface area contributed by atoms with Crippen molar-refractivity contribution in [2.45, 2.75) is 60.8 Å². The zero-order valence-corrected chi connectivity index (χ0v) is 13.8. The van der Waals surface area contributed by atoms with Gasteiger partial charge in [-0.2, -0.15) is 0 Å². The molecule has 0 nitrogen and oxygen atoms in total. The minimum atomic E-state index is 0.504. The highest BCUT2D eigenvalue weighted by Gasteiger charge is 2.35. The zero-order chi connectivity index (χ0) is 13.5. The van der Waals surface area contributed by atoms with E-state index in [1.807, 2.05) is 0 Å². The van der Waals surface area contributed by atoms with Gasteiger partial charge in [0.2, 0.25) is 0 Å². The third-order valence-corrected chi connectivity index (χ3v) is 7.88. The van der Waals surface area contributed by atoms with Gasteiger partial charge in [-0.25, -0.2) is 0 Å². The second-order valence-electron chi connectivity index (χ2n) is 7.03. The first-order valence-electron chi connectivity index (χ1n) is 7.46. The molecular formula is C17H24S2. The fraction of sp³-hybridized carbons (Fsp3) is 0.647. The van der Waals surface area contributed by atoms with Crippen LogP contribution in [0.4, 0.5) is 0 Å². The molecule has 2 heteroatoms. The van der Waals surface area contributed by atoms with E-state index in [-0.39, 0.29) is 0 Å². The first-order valence-corrected chi connectivity index (χ1v) is 9.22. The van der Waals surface area contributed by atoms with Crippen molar-refractivity contribution < 1.29 is 0 Å². The van der Waals surface area contributed by atoms with E-state index >= 15 is 0 Å². The SMILES string of the molecule is CC(C)(C)C1CCC(C2Sc3ccccc3S2)CC1. The van der Waals surface area contributed by atoms with E-state index in [1.54, 1.807) is 0 Å². The number of benzene rings is 1. The highest BCUT2D eigenvalue weighted by molar-refractivity contribution is 8.19. The summed E-state index contributed by atoms with van der Waals surface area (Å²) in [6.07, 6.45) is 5.73. The van der Waals surface area contributed by atoms with Gasteiger partial charge in [0.1, 0.15) is 0 Å². The van der Waals surface area contributed by atoms with Crippen LogP contribution in [0.5, 0.6) is 0 Å². The maximum Gasteiger partial charge on any atom is 0.0625 e. The van der Waals surface area contributed by atoms with Crippen molar-refractivity contribution in [2.24, 2.45) is 17.3 Å². The number of rotatable bonds is 1. The van der Waals surface area contributed by atoms with Gasteiger partial charge in [-0.3, -0.25) is 0 Å². The van der Waals surface area contributed by atoms with E-state index in [2.05, 4.69) is 68.6 Å². The maximum absolute atomic E-state index is 2.41. The molecule has 1 aromatic rings. The summed E-state index contributed by atoms with van der Waals surface area (Å²) < 4.78 is 0.776. The van der Waals surface area contributed by atoms with Crippen molar-refractivity contribution in [1.82, 2.24) is 0 Å². The molecule has 1 aliphatic carbocycles. The lowest BCUT2D eigenvalue weighted by atomic mass is 9.70. The molecule has 0 N–H and O–H groups in total. The smallest absolute Gasteiger partial charge is 0.0625 e. The second kappa shape index (κ2) is 5.37. The summed E-state index contributed by atoms with van der Waals surface area (Å²) in [5.74, 6) is 1.85. The summed E-state index contributed by atoms with van der Waals surface area (Å²) in [6.45, 7) is 7.23. The minimum Gasteiger partial charge on any atom is -0.110 e. The minimum absolute atomic E-state index is 0.504. The van der Waals surface area contributed by atoms with Gasteiger partial charge in [0.15, 0.2) is 0 Å². The van der Waals surface area contributed by atoms with E-state index in [4.69, 9.17) is 0 Å². The van der Waals surface area contributed by atoms with Crippen LogP contribution in [0.3, 0.4) is 0 Å². The summed E-state index contributed by atoms with van der Waals surface area (Å²) in [5.41, 5.74) is 0.504. The molecule has 3 rings (SSSR count). The molecule has 1 aliphatic heterocycles. The Kier molecular flexibility index (Phi) is 3.92. The first-order chi connectivity index (χ1) is 9.04. The van der Waals surface area contributed by atoms with E-state index in [0.717, 1.165) is 16.4 Å². The molecule has 1 saturated carbocycles. The standard InChI is InChI=1S/C17H24S2/c1-17(2,3)13-10-8-12(9-11-13)16-18-14-6-4-5-7-15(14)19-16/h4-7,12-13,16H,8-11H2,1-3H3. The highest BCUT2D eigenvalue weighted by Crippen LogP contribution is 2.54. The molecule has 0 radical (unpaired) electrons. The molecule has 0 atom stereocenters.